The zero-order valence-electron chi connectivity index (χ0n) is 12.0. The number of halogens is 1. The van der Waals surface area contributed by atoms with Crippen LogP contribution >= 0.6 is 11.6 Å². The van der Waals surface area contributed by atoms with Crippen LogP contribution in [0.25, 0.3) is 11.0 Å². The Bertz CT molecular complexity index is 572. The molecule has 1 heterocycles. The van der Waals surface area contributed by atoms with Gasteiger partial charge in [-0.15, -0.1) is 0 Å². The van der Waals surface area contributed by atoms with E-state index < -0.39 is 0 Å². The van der Waals surface area contributed by atoms with E-state index in [9.17, 15) is 0 Å². The minimum atomic E-state index is -0.0337. The van der Waals surface area contributed by atoms with Crippen LogP contribution < -0.4 is 5.73 Å². The molecule has 2 aromatic rings. The lowest BCUT2D eigenvalue weighted by Crippen LogP contribution is -2.19. The van der Waals surface area contributed by atoms with E-state index in [1.807, 2.05) is 18.2 Å². The Labute approximate surface area is 119 Å². The molecule has 0 aliphatic rings. The first-order valence-corrected chi connectivity index (χ1v) is 7.21. The van der Waals surface area contributed by atoms with Crippen molar-refractivity contribution in [2.75, 3.05) is 0 Å². The van der Waals surface area contributed by atoms with Crippen molar-refractivity contribution < 1.29 is 0 Å². The summed E-state index contributed by atoms with van der Waals surface area (Å²) in [6.07, 6.45) is 0.934. The number of hydrogen-bond donors (Lipinski definition) is 1. The van der Waals surface area contributed by atoms with Gasteiger partial charge in [-0.2, -0.15) is 0 Å². The highest BCUT2D eigenvalue weighted by Crippen LogP contribution is 2.28. The summed E-state index contributed by atoms with van der Waals surface area (Å²) in [6.45, 7) is 8.65. The van der Waals surface area contributed by atoms with Gasteiger partial charge >= 0.3 is 0 Å². The lowest BCUT2D eigenvalue weighted by molar-refractivity contribution is 0.463. The fourth-order valence-electron chi connectivity index (χ4n) is 2.50. The van der Waals surface area contributed by atoms with Gasteiger partial charge < -0.3 is 10.3 Å². The van der Waals surface area contributed by atoms with E-state index in [4.69, 9.17) is 22.3 Å². The second kappa shape index (κ2) is 5.51. The number of rotatable bonds is 4. The molecule has 2 rings (SSSR count). The van der Waals surface area contributed by atoms with E-state index >= 15 is 0 Å². The van der Waals surface area contributed by atoms with Crippen LogP contribution in [-0.4, -0.2) is 9.55 Å². The van der Waals surface area contributed by atoms with Crippen LogP contribution in [0.2, 0.25) is 5.02 Å². The highest BCUT2D eigenvalue weighted by atomic mass is 35.5. The first kappa shape index (κ1) is 14.4. The normalized spacial score (nSPS) is 13.7. The number of hydrogen-bond acceptors (Lipinski definition) is 2. The molecule has 0 radical (unpaired) electrons. The molecule has 0 fully saturated rings. The average Bonchev–Trinajstić information content (AvgIpc) is 2.66. The van der Waals surface area contributed by atoms with Crippen LogP contribution in [0, 0.1) is 5.92 Å². The second-order valence-corrected chi connectivity index (χ2v) is 6.24. The summed E-state index contributed by atoms with van der Waals surface area (Å²) in [6, 6.07) is 6.09. The second-order valence-electron chi connectivity index (χ2n) is 5.80. The summed E-state index contributed by atoms with van der Waals surface area (Å²) < 4.78 is 2.20. The van der Waals surface area contributed by atoms with E-state index in [1.165, 1.54) is 0 Å². The highest BCUT2D eigenvalue weighted by Gasteiger charge is 2.19. The fourth-order valence-corrected chi connectivity index (χ4v) is 2.67. The van der Waals surface area contributed by atoms with Gasteiger partial charge in [0.05, 0.1) is 17.1 Å². The number of aromatic nitrogens is 2. The van der Waals surface area contributed by atoms with E-state index in [-0.39, 0.29) is 6.04 Å². The number of fused-ring (bicyclic) bond motifs is 1. The largest absolute Gasteiger partial charge is 0.324 e. The molecule has 1 unspecified atom stereocenters. The Morgan fingerprint density at radius 2 is 1.95 bits per heavy atom. The van der Waals surface area contributed by atoms with Gasteiger partial charge in [-0.1, -0.05) is 25.4 Å². The standard InChI is InChI=1S/C15H22ClN3/c1-9(2)7-12(17)15-18-13-6-5-11(16)8-14(13)19(15)10(3)4/h5-6,8-10,12H,7,17H2,1-4H3. The molecule has 3 nitrogen and oxygen atoms in total. The van der Waals surface area contributed by atoms with E-state index in [1.54, 1.807) is 0 Å². The Balaban J connectivity index is 2.56. The molecule has 104 valence electrons. The fraction of sp³-hybridized carbons (Fsp3) is 0.533. The molecule has 0 saturated heterocycles. The zero-order chi connectivity index (χ0) is 14.2. The lowest BCUT2D eigenvalue weighted by Gasteiger charge is -2.18. The predicted molar refractivity (Wildman–Crippen MR) is 81.5 cm³/mol. The highest BCUT2D eigenvalue weighted by molar-refractivity contribution is 6.31. The summed E-state index contributed by atoms with van der Waals surface area (Å²) >= 11 is 6.10. The monoisotopic (exact) mass is 279 g/mol. The van der Waals surface area contributed by atoms with Crippen molar-refractivity contribution in [3.05, 3.63) is 29.0 Å². The van der Waals surface area contributed by atoms with Crippen molar-refractivity contribution in [3.8, 4) is 0 Å². The van der Waals surface area contributed by atoms with Gasteiger partial charge in [0.15, 0.2) is 0 Å². The third kappa shape index (κ3) is 2.93. The van der Waals surface area contributed by atoms with Crippen molar-refractivity contribution in [1.29, 1.82) is 0 Å². The lowest BCUT2D eigenvalue weighted by atomic mass is 10.0. The van der Waals surface area contributed by atoms with Crippen LogP contribution in [0.15, 0.2) is 18.2 Å². The first-order valence-electron chi connectivity index (χ1n) is 6.83. The molecule has 0 spiro atoms. The van der Waals surface area contributed by atoms with Crippen LogP contribution in [0.4, 0.5) is 0 Å². The summed E-state index contributed by atoms with van der Waals surface area (Å²) in [5, 5.41) is 0.735. The van der Waals surface area contributed by atoms with Crippen LogP contribution in [0.1, 0.15) is 52.0 Å². The molecule has 0 saturated carbocycles. The van der Waals surface area contributed by atoms with Gasteiger partial charge in [-0.3, -0.25) is 0 Å². The van der Waals surface area contributed by atoms with Crippen molar-refractivity contribution >= 4 is 22.6 Å². The molecule has 0 amide bonds. The zero-order valence-corrected chi connectivity index (χ0v) is 12.8. The van der Waals surface area contributed by atoms with Gasteiger partial charge in [0.2, 0.25) is 0 Å². The van der Waals surface area contributed by atoms with Gasteiger partial charge in [-0.25, -0.2) is 4.98 Å². The molecule has 4 heteroatoms. The quantitative estimate of drug-likeness (QED) is 0.906. The number of nitrogens with zero attached hydrogens (tertiary/aromatic N) is 2. The number of benzene rings is 1. The molecule has 0 aliphatic heterocycles. The minimum Gasteiger partial charge on any atom is -0.324 e. The van der Waals surface area contributed by atoms with Crippen molar-refractivity contribution in [3.63, 3.8) is 0 Å². The van der Waals surface area contributed by atoms with E-state index in [0.29, 0.717) is 12.0 Å². The van der Waals surface area contributed by atoms with Crippen molar-refractivity contribution in [2.24, 2.45) is 11.7 Å². The molecular formula is C15H22ClN3. The third-order valence-electron chi connectivity index (χ3n) is 3.25. The SMILES string of the molecule is CC(C)CC(N)c1nc2ccc(Cl)cc2n1C(C)C. The molecule has 1 aromatic heterocycles. The predicted octanol–water partition coefficient (Wildman–Crippen LogP) is 4.32. The third-order valence-corrected chi connectivity index (χ3v) is 3.49. The van der Waals surface area contributed by atoms with Crippen molar-refractivity contribution in [2.45, 2.75) is 46.2 Å². The number of nitrogens with two attached hydrogens (primary N) is 1. The Hall–Kier alpha value is -1.06. The Morgan fingerprint density at radius 3 is 2.53 bits per heavy atom. The molecule has 1 atom stereocenters. The van der Waals surface area contributed by atoms with Gasteiger partial charge in [0.25, 0.3) is 0 Å². The van der Waals surface area contributed by atoms with E-state index in [2.05, 4.69) is 32.3 Å². The molecule has 0 aliphatic carbocycles. The smallest absolute Gasteiger partial charge is 0.127 e. The summed E-state index contributed by atoms with van der Waals surface area (Å²) in [4.78, 5) is 4.71. The van der Waals surface area contributed by atoms with Crippen LogP contribution in [-0.2, 0) is 0 Å². The summed E-state index contributed by atoms with van der Waals surface area (Å²) in [7, 11) is 0. The number of imidazole rings is 1. The van der Waals surface area contributed by atoms with Crippen LogP contribution in [0.5, 0.6) is 0 Å². The van der Waals surface area contributed by atoms with Gasteiger partial charge in [-0.05, 0) is 44.4 Å². The summed E-state index contributed by atoms with van der Waals surface area (Å²) in [5.41, 5.74) is 8.35. The molecule has 1 aromatic carbocycles. The maximum absolute atomic E-state index is 6.32. The topological polar surface area (TPSA) is 43.8 Å². The maximum atomic E-state index is 6.32. The molecule has 0 bridgehead atoms. The Morgan fingerprint density at radius 1 is 1.26 bits per heavy atom. The molecular weight excluding hydrogens is 258 g/mol. The van der Waals surface area contributed by atoms with Gasteiger partial charge in [0.1, 0.15) is 5.82 Å². The first-order chi connectivity index (χ1) is 8.90. The molecule has 19 heavy (non-hydrogen) atoms. The average molecular weight is 280 g/mol. The summed E-state index contributed by atoms with van der Waals surface area (Å²) in [5.74, 6) is 1.51. The van der Waals surface area contributed by atoms with Gasteiger partial charge in [0, 0.05) is 11.1 Å². The van der Waals surface area contributed by atoms with Crippen LogP contribution in [0.3, 0.4) is 0 Å². The van der Waals surface area contributed by atoms with Crippen molar-refractivity contribution in [1.82, 2.24) is 9.55 Å². The van der Waals surface area contributed by atoms with E-state index in [0.717, 1.165) is 28.3 Å². The maximum Gasteiger partial charge on any atom is 0.127 e. The molecule has 2 N–H and O–H groups in total. The minimum absolute atomic E-state index is 0.0337. The Kier molecular flexibility index (Phi) is 4.16.